The third-order valence-corrected chi connectivity index (χ3v) is 5.32. The molecule has 0 N–H and O–H groups in total. The van der Waals surface area contributed by atoms with E-state index >= 15 is 0 Å². The van der Waals surface area contributed by atoms with Crippen LogP contribution in [0.25, 0.3) is 0 Å². The number of carbonyl (C=O) groups excluding carboxylic acids is 1. The van der Waals surface area contributed by atoms with Crippen molar-refractivity contribution in [3.8, 4) is 23.0 Å². The first-order valence-electron chi connectivity index (χ1n) is 11.9. The number of rotatable bonds is 13. The van der Waals surface area contributed by atoms with Crippen molar-refractivity contribution in [2.75, 3.05) is 13.7 Å². The summed E-state index contributed by atoms with van der Waals surface area (Å²) in [5.41, 5.74) is 0.973. The molecule has 3 rings (SSSR count). The van der Waals surface area contributed by atoms with Gasteiger partial charge < -0.3 is 23.7 Å². The molecule has 186 valence electrons. The first kappa shape index (κ1) is 26.1. The number of carbonyl (C=O) groups is 1. The fourth-order valence-electron chi connectivity index (χ4n) is 3.66. The molecule has 0 saturated heterocycles. The Hall–Kier alpha value is -3.51. The number of ether oxygens (including phenoxy) is 5. The fraction of sp³-hybridized carbons (Fsp3) is 0.345. The topological polar surface area (TPSA) is 63.2 Å². The van der Waals surface area contributed by atoms with Crippen LogP contribution in [0.5, 0.6) is 23.0 Å². The third-order valence-electron chi connectivity index (χ3n) is 5.32. The Bertz CT molecular complexity index is 1020. The molecule has 3 atom stereocenters. The van der Waals surface area contributed by atoms with E-state index < -0.39 is 6.10 Å². The quantitative estimate of drug-likeness (QED) is 0.272. The van der Waals surface area contributed by atoms with Crippen molar-refractivity contribution in [1.29, 1.82) is 0 Å². The van der Waals surface area contributed by atoms with Gasteiger partial charge in [0.25, 0.3) is 0 Å². The first-order valence-corrected chi connectivity index (χ1v) is 11.9. The lowest BCUT2D eigenvalue weighted by Crippen LogP contribution is -2.27. The molecule has 1 unspecified atom stereocenters. The van der Waals surface area contributed by atoms with Crippen molar-refractivity contribution in [3.63, 3.8) is 0 Å². The molecule has 0 bridgehead atoms. The average molecular weight is 479 g/mol. The Morgan fingerprint density at radius 1 is 0.743 bits per heavy atom. The van der Waals surface area contributed by atoms with Crippen LogP contribution in [0, 0.1) is 0 Å². The summed E-state index contributed by atoms with van der Waals surface area (Å²) in [6.45, 7) is 6.16. The lowest BCUT2D eigenvalue weighted by Gasteiger charge is -2.21. The van der Waals surface area contributed by atoms with Gasteiger partial charge in [0.15, 0.2) is 6.10 Å². The summed E-state index contributed by atoms with van der Waals surface area (Å²) in [6.07, 6.45) is 0.488. The maximum atomic E-state index is 11.9. The zero-order chi connectivity index (χ0) is 25.0. The van der Waals surface area contributed by atoms with Crippen molar-refractivity contribution < 1.29 is 28.5 Å². The van der Waals surface area contributed by atoms with Crippen molar-refractivity contribution in [3.05, 3.63) is 84.4 Å². The largest absolute Gasteiger partial charge is 0.491 e. The summed E-state index contributed by atoms with van der Waals surface area (Å²) in [5, 5.41) is 0. The molecule has 3 aromatic rings. The van der Waals surface area contributed by atoms with Gasteiger partial charge in [-0.05, 0) is 74.9 Å². The Balaban J connectivity index is 1.45. The fourth-order valence-corrected chi connectivity index (χ4v) is 3.66. The molecule has 0 amide bonds. The first-order chi connectivity index (χ1) is 17.0. The van der Waals surface area contributed by atoms with E-state index in [4.69, 9.17) is 23.7 Å². The van der Waals surface area contributed by atoms with Gasteiger partial charge in [0.2, 0.25) is 0 Å². The molecular formula is C29H34O6. The van der Waals surface area contributed by atoms with Crippen LogP contribution in [0.1, 0.15) is 32.8 Å². The minimum Gasteiger partial charge on any atom is -0.491 e. The molecule has 6 nitrogen and oxygen atoms in total. The van der Waals surface area contributed by atoms with Gasteiger partial charge in [0.1, 0.15) is 23.0 Å². The van der Waals surface area contributed by atoms with Crippen LogP contribution < -0.4 is 14.2 Å². The van der Waals surface area contributed by atoms with Crippen LogP contribution in [0.2, 0.25) is 0 Å². The van der Waals surface area contributed by atoms with Crippen LogP contribution in [0.3, 0.4) is 0 Å². The minimum absolute atomic E-state index is 0.0304. The monoisotopic (exact) mass is 478 g/mol. The number of hydrogen-bond acceptors (Lipinski definition) is 6. The maximum Gasteiger partial charge on any atom is 0.335 e. The molecule has 0 aliphatic carbocycles. The molecule has 3 aromatic carbocycles. The summed E-state index contributed by atoms with van der Waals surface area (Å²) < 4.78 is 28.2. The second kappa shape index (κ2) is 13.4. The van der Waals surface area contributed by atoms with Gasteiger partial charge in [-0.25, -0.2) is 4.79 Å². The Labute approximate surface area is 207 Å². The van der Waals surface area contributed by atoms with E-state index in [-0.39, 0.29) is 18.2 Å². The third kappa shape index (κ3) is 8.65. The highest BCUT2D eigenvalue weighted by molar-refractivity contribution is 5.75. The molecule has 0 heterocycles. The number of benzene rings is 3. The summed E-state index contributed by atoms with van der Waals surface area (Å²) in [4.78, 5) is 11.9. The summed E-state index contributed by atoms with van der Waals surface area (Å²) in [5.74, 6) is 2.75. The predicted molar refractivity (Wildman–Crippen MR) is 135 cm³/mol. The van der Waals surface area contributed by atoms with Gasteiger partial charge in [0, 0.05) is 20.0 Å². The highest BCUT2D eigenvalue weighted by atomic mass is 16.6. The highest BCUT2D eigenvalue weighted by Crippen LogP contribution is 2.25. The molecule has 35 heavy (non-hydrogen) atoms. The van der Waals surface area contributed by atoms with Gasteiger partial charge in [-0.2, -0.15) is 0 Å². The summed E-state index contributed by atoms with van der Waals surface area (Å²) in [7, 11) is 1.51. The van der Waals surface area contributed by atoms with Crippen molar-refractivity contribution >= 4 is 5.97 Å². The molecule has 0 aromatic heterocycles. The number of para-hydroxylation sites is 1. The molecule has 6 heteroatoms. The van der Waals surface area contributed by atoms with Gasteiger partial charge in [-0.3, -0.25) is 0 Å². The van der Waals surface area contributed by atoms with E-state index in [2.05, 4.69) is 0 Å². The molecule has 0 radical (unpaired) electrons. The normalized spacial score (nSPS) is 13.4. The molecular weight excluding hydrogens is 444 g/mol. The predicted octanol–water partition coefficient (Wildman–Crippen LogP) is 6.22. The lowest BCUT2D eigenvalue weighted by molar-refractivity contribution is -0.154. The SMILES string of the molecule is CCOC(=O)[C@H](Cc1ccc(O[C@H](C)CC(C)Oc2ccc(Oc3ccccc3)cc2)cc1)OC. The van der Waals surface area contributed by atoms with Gasteiger partial charge in [0.05, 0.1) is 18.8 Å². The zero-order valence-corrected chi connectivity index (χ0v) is 20.8. The van der Waals surface area contributed by atoms with E-state index in [1.54, 1.807) is 6.92 Å². The molecule has 0 aliphatic heterocycles. The molecule has 0 aliphatic rings. The van der Waals surface area contributed by atoms with E-state index in [1.807, 2.05) is 92.7 Å². The van der Waals surface area contributed by atoms with Crippen LogP contribution in [-0.2, 0) is 20.7 Å². The standard InChI is InChI=1S/C29H34O6/c1-5-32-29(30)28(31-4)20-23-11-13-25(14-12-23)33-21(2)19-22(3)34-26-15-17-27(18-16-26)35-24-9-7-6-8-10-24/h6-18,21-22,28H,5,19-20H2,1-4H3/t21-,22?,28+/m1/s1. The van der Waals surface area contributed by atoms with Crippen molar-refractivity contribution in [1.82, 2.24) is 0 Å². The molecule has 0 saturated carbocycles. The van der Waals surface area contributed by atoms with Crippen LogP contribution in [-0.4, -0.2) is 38.0 Å². The van der Waals surface area contributed by atoms with Gasteiger partial charge >= 0.3 is 5.97 Å². The molecule has 0 spiro atoms. The van der Waals surface area contributed by atoms with Gasteiger partial charge in [-0.1, -0.05) is 30.3 Å². The Morgan fingerprint density at radius 3 is 1.80 bits per heavy atom. The number of hydrogen-bond donors (Lipinski definition) is 0. The van der Waals surface area contributed by atoms with Crippen LogP contribution >= 0.6 is 0 Å². The Morgan fingerprint density at radius 2 is 1.26 bits per heavy atom. The highest BCUT2D eigenvalue weighted by Gasteiger charge is 2.19. The number of esters is 1. The average Bonchev–Trinajstić information content (AvgIpc) is 2.85. The van der Waals surface area contributed by atoms with E-state index in [0.717, 1.165) is 35.0 Å². The summed E-state index contributed by atoms with van der Waals surface area (Å²) in [6, 6.07) is 25.0. The smallest absolute Gasteiger partial charge is 0.335 e. The summed E-state index contributed by atoms with van der Waals surface area (Å²) >= 11 is 0. The maximum absolute atomic E-state index is 11.9. The van der Waals surface area contributed by atoms with Gasteiger partial charge in [-0.15, -0.1) is 0 Å². The Kier molecular flexibility index (Phi) is 9.99. The molecule has 0 fully saturated rings. The minimum atomic E-state index is -0.613. The second-order valence-electron chi connectivity index (χ2n) is 8.30. The van der Waals surface area contributed by atoms with E-state index in [1.165, 1.54) is 7.11 Å². The zero-order valence-electron chi connectivity index (χ0n) is 20.8. The second-order valence-corrected chi connectivity index (χ2v) is 8.30. The van der Waals surface area contributed by atoms with Crippen LogP contribution in [0.4, 0.5) is 0 Å². The lowest BCUT2D eigenvalue weighted by atomic mass is 10.1. The van der Waals surface area contributed by atoms with Crippen LogP contribution in [0.15, 0.2) is 78.9 Å². The van der Waals surface area contributed by atoms with Crippen molar-refractivity contribution in [2.45, 2.75) is 51.9 Å². The number of methoxy groups -OCH3 is 1. The van der Waals surface area contributed by atoms with Crippen molar-refractivity contribution in [2.24, 2.45) is 0 Å². The van der Waals surface area contributed by atoms with E-state index in [9.17, 15) is 4.79 Å². The van der Waals surface area contributed by atoms with E-state index in [0.29, 0.717) is 13.0 Å².